The summed E-state index contributed by atoms with van der Waals surface area (Å²) in [6.07, 6.45) is 0.0332. The molecule has 10 heteroatoms. The number of pyridine rings is 1. The molecule has 2 amide bonds. The van der Waals surface area contributed by atoms with Gasteiger partial charge in [0, 0.05) is 30.6 Å². The predicted octanol–water partition coefficient (Wildman–Crippen LogP) is 3.49. The number of amides is 2. The van der Waals surface area contributed by atoms with Gasteiger partial charge < -0.3 is 25.8 Å². The van der Waals surface area contributed by atoms with Gasteiger partial charge in [0.15, 0.2) is 0 Å². The molecular formula is C24H25FN4O4S. The number of nitrogens with one attached hydrogen (secondary N) is 1. The Balaban J connectivity index is 1.60. The lowest BCUT2D eigenvalue weighted by Crippen LogP contribution is -2.54. The van der Waals surface area contributed by atoms with Gasteiger partial charge in [-0.1, -0.05) is 18.2 Å². The zero-order valence-electron chi connectivity index (χ0n) is 19.0. The van der Waals surface area contributed by atoms with Crippen molar-refractivity contribution in [3.05, 3.63) is 65.1 Å². The Hall–Kier alpha value is -3.34. The van der Waals surface area contributed by atoms with Gasteiger partial charge in [-0.2, -0.15) is 0 Å². The second-order valence-electron chi connectivity index (χ2n) is 8.57. The van der Waals surface area contributed by atoms with E-state index in [0.29, 0.717) is 34.3 Å². The van der Waals surface area contributed by atoms with E-state index < -0.39 is 17.3 Å². The van der Waals surface area contributed by atoms with E-state index in [4.69, 9.17) is 10.5 Å². The van der Waals surface area contributed by atoms with E-state index in [1.54, 1.807) is 56.2 Å². The highest BCUT2D eigenvalue weighted by Crippen LogP contribution is 2.38. The number of benzene rings is 1. The van der Waals surface area contributed by atoms with Crippen LogP contribution in [0, 0.1) is 5.82 Å². The van der Waals surface area contributed by atoms with Gasteiger partial charge in [-0.25, -0.2) is 9.37 Å². The first-order valence-electron chi connectivity index (χ1n) is 10.6. The van der Waals surface area contributed by atoms with Crippen LogP contribution in [0.3, 0.4) is 0 Å². The summed E-state index contributed by atoms with van der Waals surface area (Å²) in [7, 11) is 1.61. The summed E-state index contributed by atoms with van der Waals surface area (Å²) in [6.45, 7) is 4.16. The number of aliphatic hydroxyl groups is 1. The standard InChI is InChI=1S/C24H25FN4O4S/c1-24(2,32)13-7-8-15(17(25)9-13)19-10-16(21(26)30)22(34-19)28-20-6-4-5-18(27-20)23(31)29-11-14(12-29)33-3/h4-10,14,32H,11-12H2,1-3H3,(H2,26,30)(H,27,28). The number of carbonyl (C=O) groups is 2. The molecule has 1 saturated heterocycles. The Morgan fingerprint density at radius 3 is 2.62 bits per heavy atom. The van der Waals surface area contributed by atoms with E-state index in [2.05, 4.69) is 10.3 Å². The van der Waals surface area contributed by atoms with Crippen molar-refractivity contribution in [2.24, 2.45) is 5.73 Å². The molecule has 0 aliphatic carbocycles. The zero-order valence-corrected chi connectivity index (χ0v) is 19.8. The van der Waals surface area contributed by atoms with Crippen LogP contribution >= 0.6 is 11.3 Å². The number of ether oxygens (including phenoxy) is 1. The SMILES string of the molecule is COC1CN(C(=O)c2cccc(Nc3sc(-c4ccc(C(C)(C)O)cc4F)cc3C(N)=O)n2)C1. The van der Waals surface area contributed by atoms with Crippen LogP contribution in [0.5, 0.6) is 0 Å². The zero-order chi connectivity index (χ0) is 24.6. The lowest BCUT2D eigenvalue weighted by Gasteiger charge is -2.37. The van der Waals surface area contributed by atoms with Gasteiger partial charge >= 0.3 is 0 Å². The second-order valence-corrected chi connectivity index (χ2v) is 9.62. The summed E-state index contributed by atoms with van der Waals surface area (Å²) in [5, 5.41) is 13.5. The van der Waals surface area contributed by atoms with Crippen LogP contribution in [-0.4, -0.2) is 53.1 Å². The van der Waals surface area contributed by atoms with E-state index in [0.717, 1.165) is 11.3 Å². The number of hydrogen-bond acceptors (Lipinski definition) is 7. The second kappa shape index (κ2) is 9.13. The number of primary amides is 1. The van der Waals surface area contributed by atoms with Crippen molar-refractivity contribution in [3.63, 3.8) is 0 Å². The highest BCUT2D eigenvalue weighted by atomic mass is 32.1. The molecule has 34 heavy (non-hydrogen) atoms. The fraction of sp³-hybridized carbons (Fsp3) is 0.292. The summed E-state index contributed by atoms with van der Waals surface area (Å²) in [4.78, 5) is 31.2. The van der Waals surface area contributed by atoms with Crippen LogP contribution in [0.25, 0.3) is 10.4 Å². The van der Waals surface area contributed by atoms with Gasteiger partial charge in [0.25, 0.3) is 11.8 Å². The Morgan fingerprint density at radius 1 is 1.26 bits per heavy atom. The number of aromatic nitrogens is 1. The van der Waals surface area contributed by atoms with Gasteiger partial charge in [0.2, 0.25) is 0 Å². The monoisotopic (exact) mass is 484 g/mol. The minimum atomic E-state index is -1.19. The molecule has 0 spiro atoms. The van der Waals surface area contributed by atoms with Crippen molar-refractivity contribution in [1.82, 2.24) is 9.88 Å². The van der Waals surface area contributed by atoms with E-state index in [1.165, 1.54) is 12.1 Å². The molecule has 0 bridgehead atoms. The molecule has 2 aromatic heterocycles. The molecule has 0 unspecified atom stereocenters. The van der Waals surface area contributed by atoms with Crippen LogP contribution < -0.4 is 11.1 Å². The molecule has 3 aromatic rings. The Labute approximate surface area is 200 Å². The first-order valence-corrected chi connectivity index (χ1v) is 11.4. The van der Waals surface area contributed by atoms with Gasteiger partial charge in [-0.05, 0) is 43.7 Å². The average Bonchev–Trinajstić information content (AvgIpc) is 3.16. The first kappa shape index (κ1) is 23.8. The number of nitrogens with two attached hydrogens (primary N) is 1. The third-order valence-corrected chi connectivity index (χ3v) is 6.70. The lowest BCUT2D eigenvalue weighted by atomic mass is 9.96. The number of likely N-dealkylation sites (tertiary alicyclic amines) is 1. The van der Waals surface area contributed by atoms with Crippen molar-refractivity contribution in [2.45, 2.75) is 25.6 Å². The van der Waals surface area contributed by atoms with E-state index in [9.17, 15) is 19.1 Å². The summed E-state index contributed by atoms with van der Waals surface area (Å²) in [5.74, 6) is -1.08. The Morgan fingerprint density at radius 2 is 2.00 bits per heavy atom. The molecular weight excluding hydrogens is 459 g/mol. The smallest absolute Gasteiger partial charge is 0.272 e. The van der Waals surface area contributed by atoms with Crippen molar-refractivity contribution in [3.8, 4) is 10.4 Å². The third-order valence-electron chi connectivity index (χ3n) is 5.62. The molecule has 0 atom stereocenters. The van der Waals surface area contributed by atoms with Crippen molar-refractivity contribution in [2.75, 3.05) is 25.5 Å². The molecule has 4 rings (SSSR count). The van der Waals surface area contributed by atoms with Gasteiger partial charge in [0.05, 0.1) is 17.3 Å². The topological polar surface area (TPSA) is 118 Å². The minimum absolute atomic E-state index is 0.0332. The molecule has 4 N–H and O–H groups in total. The molecule has 1 fully saturated rings. The first-order chi connectivity index (χ1) is 16.1. The fourth-order valence-corrected chi connectivity index (χ4v) is 4.65. The molecule has 8 nitrogen and oxygen atoms in total. The number of thiophene rings is 1. The van der Waals surface area contributed by atoms with Gasteiger partial charge in [-0.15, -0.1) is 11.3 Å². The van der Waals surface area contributed by atoms with Gasteiger partial charge in [-0.3, -0.25) is 9.59 Å². The summed E-state index contributed by atoms with van der Waals surface area (Å²) in [5.41, 5.74) is 5.51. The Bertz CT molecular complexity index is 1250. The third kappa shape index (κ3) is 4.79. The van der Waals surface area contributed by atoms with Crippen molar-refractivity contribution >= 4 is 34.0 Å². The maximum absolute atomic E-state index is 14.8. The highest BCUT2D eigenvalue weighted by molar-refractivity contribution is 7.19. The van der Waals surface area contributed by atoms with Crippen molar-refractivity contribution in [1.29, 1.82) is 0 Å². The van der Waals surface area contributed by atoms with Crippen LogP contribution in [-0.2, 0) is 10.3 Å². The fourth-order valence-electron chi connectivity index (χ4n) is 3.55. The summed E-state index contributed by atoms with van der Waals surface area (Å²) < 4.78 is 20.0. The summed E-state index contributed by atoms with van der Waals surface area (Å²) >= 11 is 1.14. The molecule has 1 aliphatic rings. The maximum atomic E-state index is 14.8. The number of carbonyl (C=O) groups excluding carboxylic acids is 2. The molecule has 178 valence electrons. The summed E-state index contributed by atoms with van der Waals surface area (Å²) in [6, 6.07) is 10.9. The number of hydrogen-bond donors (Lipinski definition) is 3. The average molecular weight is 485 g/mol. The number of halogens is 1. The molecule has 0 radical (unpaired) electrons. The van der Waals surface area contributed by atoms with Crippen molar-refractivity contribution < 1.29 is 23.8 Å². The van der Waals surface area contributed by atoms with E-state index in [1.807, 2.05) is 0 Å². The predicted molar refractivity (Wildman–Crippen MR) is 128 cm³/mol. The van der Waals surface area contributed by atoms with Crippen LogP contribution in [0.4, 0.5) is 15.2 Å². The highest BCUT2D eigenvalue weighted by Gasteiger charge is 2.31. The van der Waals surface area contributed by atoms with Crippen LogP contribution in [0.2, 0.25) is 0 Å². The van der Waals surface area contributed by atoms with Crippen LogP contribution in [0.1, 0.15) is 40.3 Å². The normalized spacial score (nSPS) is 14.1. The molecule has 0 saturated carbocycles. The van der Waals surface area contributed by atoms with E-state index in [-0.39, 0.29) is 28.8 Å². The Kier molecular flexibility index (Phi) is 6.39. The molecule has 3 heterocycles. The minimum Gasteiger partial charge on any atom is -0.386 e. The van der Waals surface area contributed by atoms with Crippen LogP contribution in [0.15, 0.2) is 42.5 Å². The quantitative estimate of drug-likeness (QED) is 0.473. The maximum Gasteiger partial charge on any atom is 0.272 e. The van der Waals surface area contributed by atoms with E-state index >= 15 is 0 Å². The number of anilines is 2. The molecule has 1 aliphatic heterocycles. The number of nitrogens with zero attached hydrogens (tertiary/aromatic N) is 2. The lowest BCUT2D eigenvalue weighted by molar-refractivity contribution is -0.0194. The largest absolute Gasteiger partial charge is 0.386 e. The van der Waals surface area contributed by atoms with Gasteiger partial charge in [0.1, 0.15) is 22.3 Å². The number of methoxy groups -OCH3 is 1. The number of rotatable bonds is 7. The molecule has 1 aromatic carbocycles.